The second-order valence-electron chi connectivity index (χ2n) is 8.60. The Labute approximate surface area is 217 Å². The van der Waals surface area contributed by atoms with Crippen LogP contribution in [0.25, 0.3) is 0 Å². The van der Waals surface area contributed by atoms with Crippen LogP contribution in [-0.2, 0) is 14.8 Å². The molecule has 38 heavy (non-hydrogen) atoms. The fraction of sp³-hybridized carbons (Fsp3) is 0.308. The lowest BCUT2D eigenvalue weighted by Crippen LogP contribution is -2.49. The first-order valence-electron chi connectivity index (χ1n) is 11.7. The SMILES string of the molecule is O=S(=O)(c1cccc(OC(F)(F)F)c1)N1CCN(CCOC(c2ccccc2)c2ccc(F)c(F)c2)CC1. The molecule has 3 aromatic carbocycles. The molecule has 3 aromatic rings. The molecule has 1 aliphatic rings. The molecule has 0 amide bonds. The maximum atomic E-state index is 13.9. The zero-order valence-corrected chi connectivity index (χ0v) is 20.9. The summed E-state index contributed by atoms with van der Waals surface area (Å²) in [6.07, 6.45) is -5.56. The first-order valence-corrected chi connectivity index (χ1v) is 13.2. The fourth-order valence-electron chi connectivity index (χ4n) is 4.16. The predicted molar refractivity (Wildman–Crippen MR) is 129 cm³/mol. The number of halogens is 5. The lowest BCUT2D eigenvalue weighted by atomic mass is 10.0. The highest BCUT2D eigenvalue weighted by molar-refractivity contribution is 7.89. The van der Waals surface area contributed by atoms with Gasteiger partial charge in [-0.2, -0.15) is 4.31 Å². The van der Waals surface area contributed by atoms with E-state index in [2.05, 4.69) is 4.74 Å². The Morgan fingerprint density at radius 3 is 2.18 bits per heavy atom. The average Bonchev–Trinajstić information content (AvgIpc) is 2.88. The second-order valence-corrected chi connectivity index (χ2v) is 10.5. The number of ether oxygens (including phenoxy) is 2. The normalized spacial score (nSPS) is 16.3. The number of alkyl halides is 3. The fourth-order valence-corrected chi connectivity index (χ4v) is 5.62. The highest BCUT2D eigenvalue weighted by atomic mass is 32.2. The molecule has 0 aromatic heterocycles. The minimum absolute atomic E-state index is 0.137. The van der Waals surface area contributed by atoms with Crippen LogP contribution in [0.5, 0.6) is 5.75 Å². The Balaban J connectivity index is 1.35. The summed E-state index contributed by atoms with van der Waals surface area (Å²) in [6.45, 7) is 1.72. The summed E-state index contributed by atoms with van der Waals surface area (Å²) in [7, 11) is -4.02. The Bertz CT molecular complexity index is 1330. The van der Waals surface area contributed by atoms with Gasteiger partial charge < -0.3 is 9.47 Å². The minimum atomic E-state index is -4.93. The van der Waals surface area contributed by atoms with Gasteiger partial charge in [-0.25, -0.2) is 17.2 Å². The van der Waals surface area contributed by atoms with E-state index in [1.165, 1.54) is 22.5 Å². The molecule has 1 heterocycles. The number of benzene rings is 3. The molecule has 1 saturated heterocycles. The third kappa shape index (κ3) is 7.07. The molecule has 6 nitrogen and oxygen atoms in total. The van der Waals surface area contributed by atoms with Crippen molar-refractivity contribution >= 4 is 10.0 Å². The van der Waals surface area contributed by atoms with Crippen LogP contribution >= 0.6 is 0 Å². The van der Waals surface area contributed by atoms with Crippen molar-refractivity contribution in [2.24, 2.45) is 0 Å². The van der Waals surface area contributed by atoms with Gasteiger partial charge in [0.15, 0.2) is 11.6 Å². The molecule has 0 N–H and O–H groups in total. The number of rotatable bonds is 9. The van der Waals surface area contributed by atoms with Crippen LogP contribution in [0.3, 0.4) is 0 Å². The van der Waals surface area contributed by atoms with Gasteiger partial charge >= 0.3 is 6.36 Å². The van der Waals surface area contributed by atoms with Crippen LogP contribution in [0.1, 0.15) is 17.2 Å². The summed E-state index contributed by atoms with van der Waals surface area (Å²) in [4.78, 5) is 1.70. The van der Waals surface area contributed by atoms with Crippen molar-refractivity contribution in [1.82, 2.24) is 9.21 Å². The van der Waals surface area contributed by atoms with Crippen molar-refractivity contribution in [3.05, 3.63) is 95.6 Å². The Kier molecular flexibility index (Phi) is 8.66. The van der Waals surface area contributed by atoms with E-state index in [-0.39, 0.29) is 24.6 Å². The molecular formula is C26H25F5N2O4S. The predicted octanol–water partition coefficient (Wildman–Crippen LogP) is 4.98. The van der Waals surface area contributed by atoms with E-state index in [4.69, 9.17) is 4.74 Å². The summed E-state index contributed by atoms with van der Waals surface area (Å²) >= 11 is 0. The van der Waals surface area contributed by atoms with Crippen LogP contribution in [0, 0.1) is 11.6 Å². The molecule has 0 spiro atoms. The molecule has 4 rings (SSSR count). The molecule has 1 fully saturated rings. The number of piperazine rings is 1. The van der Waals surface area contributed by atoms with Crippen molar-refractivity contribution in [3.63, 3.8) is 0 Å². The largest absolute Gasteiger partial charge is 0.573 e. The Morgan fingerprint density at radius 2 is 1.53 bits per heavy atom. The van der Waals surface area contributed by atoms with E-state index in [0.717, 1.165) is 29.8 Å². The summed E-state index contributed by atoms with van der Waals surface area (Å²) in [5, 5.41) is 0. The standard InChI is InChI=1S/C26H25F5N2O4S/c27-23-10-9-20(17-24(23)28)25(19-5-2-1-3-6-19)36-16-15-32-11-13-33(14-12-32)38(34,35)22-8-4-7-21(18-22)37-26(29,30)31/h1-10,17-18,25H,11-16H2. The lowest BCUT2D eigenvalue weighted by Gasteiger charge is -2.34. The molecule has 0 aliphatic carbocycles. The van der Waals surface area contributed by atoms with Gasteiger partial charge in [-0.05, 0) is 35.4 Å². The van der Waals surface area contributed by atoms with Gasteiger partial charge in [-0.1, -0.05) is 42.5 Å². The Morgan fingerprint density at radius 1 is 0.816 bits per heavy atom. The lowest BCUT2D eigenvalue weighted by molar-refractivity contribution is -0.274. The van der Waals surface area contributed by atoms with E-state index < -0.39 is 39.9 Å². The van der Waals surface area contributed by atoms with Crippen molar-refractivity contribution in [2.45, 2.75) is 17.4 Å². The average molecular weight is 557 g/mol. The molecule has 204 valence electrons. The van der Waals surface area contributed by atoms with Crippen LogP contribution in [0.15, 0.2) is 77.7 Å². The maximum Gasteiger partial charge on any atom is 0.573 e. The quantitative estimate of drug-likeness (QED) is 0.348. The van der Waals surface area contributed by atoms with Crippen LogP contribution in [0.4, 0.5) is 22.0 Å². The van der Waals surface area contributed by atoms with Crippen molar-refractivity contribution in [3.8, 4) is 5.75 Å². The van der Waals surface area contributed by atoms with E-state index in [0.29, 0.717) is 25.2 Å². The summed E-state index contributed by atoms with van der Waals surface area (Å²) in [5.74, 6) is -2.53. The number of hydrogen-bond acceptors (Lipinski definition) is 5. The third-order valence-electron chi connectivity index (χ3n) is 6.05. The second kappa shape index (κ2) is 11.8. The molecular weight excluding hydrogens is 531 g/mol. The van der Waals surface area contributed by atoms with Gasteiger partial charge in [0.25, 0.3) is 0 Å². The van der Waals surface area contributed by atoms with Gasteiger partial charge in [-0.3, -0.25) is 4.90 Å². The first-order chi connectivity index (χ1) is 18.0. The smallest absolute Gasteiger partial charge is 0.406 e. The molecule has 0 bridgehead atoms. The van der Waals surface area contributed by atoms with Gasteiger partial charge in [0.05, 0.1) is 11.5 Å². The van der Waals surface area contributed by atoms with E-state index in [1.54, 1.807) is 0 Å². The summed E-state index contributed by atoms with van der Waals surface area (Å²) in [6, 6.07) is 17.0. The highest BCUT2D eigenvalue weighted by Crippen LogP contribution is 2.28. The summed E-state index contributed by atoms with van der Waals surface area (Å²) in [5.41, 5.74) is 1.23. The van der Waals surface area contributed by atoms with Gasteiger partial charge in [0.1, 0.15) is 11.9 Å². The molecule has 0 radical (unpaired) electrons. The topological polar surface area (TPSA) is 59.1 Å². The van der Waals surface area contributed by atoms with Crippen molar-refractivity contribution < 1.29 is 39.8 Å². The molecule has 1 aliphatic heterocycles. The molecule has 12 heteroatoms. The van der Waals surface area contributed by atoms with E-state index in [1.807, 2.05) is 35.2 Å². The highest BCUT2D eigenvalue weighted by Gasteiger charge is 2.33. The van der Waals surface area contributed by atoms with E-state index >= 15 is 0 Å². The minimum Gasteiger partial charge on any atom is -0.406 e. The number of nitrogens with zero attached hydrogens (tertiary/aromatic N) is 2. The van der Waals surface area contributed by atoms with Crippen LogP contribution < -0.4 is 4.74 Å². The van der Waals surface area contributed by atoms with E-state index in [9.17, 15) is 30.4 Å². The molecule has 0 saturated carbocycles. The van der Waals surface area contributed by atoms with Crippen LogP contribution in [0.2, 0.25) is 0 Å². The van der Waals surface area contributed by atoms with Crippen molar-refractivity contribution in [2.75, 3.05) is 39.3 Å². The van der Waals surface area contributed by atoms with Crippen molar-refractivity contribution in [1.29, 1.82) is 0 Å². The third-order valence-corrected chi connectivity index (χ3v) is 7.94. The molecule has 1 atom stereocenters. The maximum absolute atomic E-state index is 13.9. The zero-order valence-electron chi connectivity index (χ0n) is 20.1. The monoisotopic (exact) mass is 556 g/mol. The number of sulfonamides is 1. The van der Waals surface area contributed by atoms with Crippen LogP contribution in [-0.4, -0.2) is 63.3 Å². The number of hydrogen-bond donors (Lipinski definition) is 0. The van der Waals surface area contributed by atoms with Gasteiger partial charge in [-0.15, -0.1) is 13.2 Å². The van der Waals surface area contributed by atoms with Gasteiger partial charge in [0.2, 0.25) is 10.0 Å². The molecule has 1 unspecified atom stereocenters. The Hall–Kier alpha value is -3.06. The summed E-state index contributed by atoms with van der Waals surface area (Å²) < 4.78 is 102. The zero-order chi connectivity index (χ0) is 27.3. The first kappa shape index (κ1) is 28.0. The van der Waals surface area contributed by atoms with Gasteiger partial charge in [0, 0.05) is 38.8 Å².